The standard InChI is InChI=1S/C18H21N5O2S/c1-12-3-5-14(6-4-12)26(24,25)23-8-7-15-16(20-11-21-17(15)23)22-18(2)9-13(19)10-18/h3-8,11,13H,9-10,19H2,1-2H3,(H,20,21,22). The molecular formula is C18H21N5O2S. The lowest BCUT2D eigenvalue weighted by Crippen LogP contribution is -2.54. The van der Waals surface area contributed by atoms with Gasteiger partial charge in [0.15, 0.2) is 5.65 Å². The molecule has 4 rings (SSSR count). The van der Waals surface area contributed by atoms with Crippen LogP contribution in [0.1, 0.15) is 25.3 Å². The van der Waals surface area contributed by atoms with Crippen LogP contribution < -0.4 is 11.1 Å². The molecule has 1 fully saturated rings. The highest BCUT2D eigenvalue weighted by Crippen LogP contribution is 2.35. The smallest absolute Gasteiger partial charge is 0.269 e. The maximum Gasteiger partial charge on any atom is 0.269 e. The Hall–Kier alpha value is -2.45. The van der Waals surface area contributed by atoms with Gasteiger partial charge in [-0.3, -0.25) is 0 Å². The SMILES string of the molecule is Cc1ccc(S(=O)(=O)n2ccc3c(NC4(C)CC(N)C4)ncnc32)cc1. The summed E-state index contributed by atoms with van der Waals surface area (Å²) >= 11 is 0. The largest absolute Gasteiger partial charge is 0.364 e. The second kappa shape index (κ2) is 5.78. The van der Waals surface area contributed by atoms with Crippen LogP contribution in [0.25, 0.3) is 11.0 Å². The number of nitrogens with zero attached hydrogens (tertiary/aromatic N) is 3. The second-order valence-electron chi connectivity index (χ2n) is 7.24. The van der Waals surface area contributed by atoms with Gasteiger partial charge < -0.3 is 11.1 Å². The molecular weight excluding hydrogens is 350 g/mol. The van der Waals surface area contributed by atoms with Gasteiger partial charge in [-0.2, -0.15) is 0 Å². The monoisotopic (exact) mass is 371 g/mol. The van der Waals surface area contributed by atoms with E-state index in [9.17, 15) is 8.42 Å². The highest BCUT2D eigenvalue weighted by atomic mass is 32.2. The van der Waals surface area contributed by atoms with Gasteiger partial charge in [0.25, 0.3) is 10.0 Å². The van der Waals surface area contributed by atoms with Crippen molar-refractivity contribution in [1.82, 2.24) is 13.9 Å². The van der Waals surface area contributed by atoms with Gasteiger partial charge >= 0.3 is 0 Å². The normalized spacial score (nSPS) is 23.0. The summed E-state index contributed by atoms with van der Waals surface area (Å²) < 4.78 is 27.2. The van der Waals surface area contributed by atoms with E-state index in [0.717, 1.165) is 18.4 Å². The third-order valence-electron chi connectivity index (χ3n) is 4.87. The Morgan fingerprint density at radius 3 is 2.54 bits per heavy atom. The number of anilines is 1. The first kappa shape index (κ1) is 17.0. The minimum atomic E-state index is -3.72. The van der Waals surface area contributed by atoms with E-state index in [-0.39, 0.29) is 16.5 Å². The molecule has 0 aliphatic heterocycles. The maximum atomic E-state index is 13.0. The fourth-order valence-corrected chi connectivity index (χ4v) is 4.83. The first-order chi connectivity index (χ1) is 12.3. The Bertz CT molecular complexity index is 1070. The average Bonchev–Trinajstić information content (AvgIpc) is 3.00. The molecule has 1 aromatic carbocycles. The van der Waals surface area contributed by atoms with Crippen molar-refractivity contribution >= 4 is 26.9 Å². The number of aryl methyl sites for hydroxylation is 1. The van der Waals surface area contributed by atoms with Crippen molar-refractivity contribution < 1.29 is 8.42 Å². The van der Waals surface area contributed by atoms with Crippen LogP contribution in [0.3, 0.4) is 0 Å². The first-order valence-corrected chi connectivity index (χ1v) is 9.91. The molecule has 0 bridgehead atoms. The van der Waals surface area contributed by atoms with E-state index in [4.69, 9.17) is 5.73 Å². The molecule has 7 nitrogen and oxygen atoms in total. The number of nitrogens with one attached hydrogen (secondary N) is 1. The van der Waals surface area contributed by atoms with Gasteiger partial charge in [0.1, 0.15) is 12.1 Å². The molecule has 1 saturated carbocycles. The van der Waals surface area contributed by atoms with Crippen LogP contribution in [-0.2, 0) is 10.0 Å². The number of hydrogen-bond acceptors (Lipinski definition) is 6. The topological polar surface area (TPSA) is 103 Å². The highest BCUT2D eigenvalue weighted by Gasteiger charge is 2.38. The molecule has 0 atom stereocenters. The molecule has 136 valence electrons. The Kier molecular flexibility index (Phi) is 3.78. The molecule has 26 heavy (non-hydrogen) atoms. The highest BCUT2D eigenvalue weighted by molar-refractivity contribution is 7.90. The van der Waals surface area contributed by atoms with Gasteiger partial charge in [-0.15, -0.1) is 0 Å². The van der Waals surface area contributed by atoms with E-state index in [1.54, 1.807) is 30.3 Å². The lowest BCUT2D eigenvalue weighted by molar-refractivity contribution is 0.258. The van der Waals surface area contributed by atoms with Crippen molar-refractivity contribution in [2.24, 2.45) is 5.73 Å². The van der Waals surface area contributed by atoms with Crippen molar-refractivity contribution in [2.75, 3.05) is 5.32 Å². The number of rotatable bonds is 4. The summed E-state index contributed by atoms with van der Waals surface area (Å²) in [6.45, 7) is 4.00. The summed E-state index contributed by atoms with van der Waals surface area (Å²) in [6, 6.07) is 8.69. The van der Waals surface area contributed by atoms with Crippen LogP contribution in [0.2, 0.25) is 0 Å². The number of aromatic nitrogens is 3. The molecule has 1 aliphatic rings. The molecule has 2 heterocycles. The molecule has 8 heteroatoms. The molecule has 2 aromatic heterocycles. The number of benzene rings is 1. The van der Waals surface area contributed by atoms with Gasteiger partial charge in [0, 0.05) is 17.8 Å². The predicted octanol–water partition coefficient (Wildman–Crippen LogP) is 2.27. The molecule has 0 amide bonds. The summed E-state index contributed by atoms with van der Waals surface area (Å²) in [4.78, 5) is 8.74. The third-order valence-corrected chi connectivity index (χ3v) is 6.55. The van der Waals surface area contributed by atoms with E-state index in [0.29, 0.717) is 16.9 Å². The molecule has 3 N–H and O–H groups in total. The molecule has 0 radical (unpaired) electrons. The Morgan fingerprint density at radius 1 is 1.19 bits per heavy atom. The fraction of sp³-hybridized carbons (Fsp3) is 0.333. The summed E-state index contributed by atoms with van der Waals surface area (Å²) in [6.07, 6.45) is 4.60. The number of nitrogens with two attached hydrogens (primary N) is 1. The van der Waals surface area contributed by atoms with Crippen LogP contribution >= 0.6 is 0 Å². The molecule has 0 unspecified atom stereocenters. The van der Waals surface area contributed by atoms with Gasteiger partial charge in [-0.25, -0.2) is 22.4 Å². The van der Waals surface area contributed by atoms with Crippen LogP contribution in [0, 0.1) is 6.92 Å². The quantitative estimate of drug-likeness (QED) is 0.729. The van der Waals surface area contributed by atoms with E-state index >= 15 is 0 Å². The van der Waals surface area contributed by atoms with Crippen molar-refractivity contribution in [3.05, 3.63) is 48.4 Å². The summed E-state index contributed by atoms with van der Waals surface area (Å²) in [5, 5.41) is 4.07. The van der Waals surface area contributed by atoms with Gasteiger partial charge in [0.05, 0.1) is 10.3 Å². The zero-order valence-corrected chi connectivity index (χ0v) is 15.5. The molecule has 3 aromatic rings. The van der Waals surface area contributed by atoms with Crippen molar-refractivity contribution in [3.63, 3.8) is 0 Å². The predicted molar refractivity (Wildman–Crippen MR) is 101 cm³/mol. The molecule has 1 aliphatic carbocycles. The van der Waals surface area contributed by atoms with Crippen LogP contribution in [0.5, 0.6) is 0 Å². The summed E-state index contributed by atoms with van der Waals surface area (Å²) in [5.74, 6) is 0.627. The average molecular weight is 371 g/mol. The zero-order valence-electron chi connectivity index (χ0n) is 14.7. The molecule has 0 spiro atoms. The minimum absolute atomic E-state index is 0.126. The Labute approximate surface area is 152 Å². The van der Waals surface area contributed by atoms with E-state index in [1.165, 1.54) is 16.5 Å². The Balaban J connectivity index is 1.76. The lowest BCUT2D eigenvalue weighted by Gasteiger charge is -2.44. The van der Waals surface area contributed by atoms with E-state index in [2.05, 4.69) is 22.2 Å². The van der Waals surface area contributed by atoms with E-state index < -0.39 is 10.0 Å². The maximum absolute atomic E-state index is 13.0. The number of fused-ring (bicyclic) bond motifs is 1. The van der Waals surface area contributed by atoms with Crippen LogP contribution in [0.4, 0.5) is 5.82 Å². The number of hydrogen-bond donors (Lipinski definition) is 2. The van der Waals surface area contributed by atoms with Crippen LogP contribution in [0.15, 0.2) is 47.8 Å². The van der Waals surface area contributed by atoms with Crippen molar-refractivity contribution in [2.45, 2.75) is 43.2 Å². The second-order valence-corrected chi connectivity index (χ2v) is 9.06. The van der Waals surface area contributed by atoms with Gasteiger partial charge in [-0.05, 0) is 44.9 Å². The van der Waals surface area contributed by atoms with E-state index in [1.807, 2.05) is 6.92 Å². The third kappa shape index (κ3) is 2.75. The van der Waals surface area contributed by atoms with Crippen molar-refractivity contribution in [1.29, 1.82) is 0 Å². The first-order valence-electron chi connectivity index (χ1n) is 8.47. The van der Waals surface area contributed by atoms with Crippen molar-refractivity contribution in [3.8, 4) is 0 Å². The zero-order chi connectivity index (χ0) is 18.5. The fourth-order valence-electron chi connectivity index (χ4n) is 3.53. The van der Waals surface area contributed by atoms with Gasteiger partial charge in [-0.1, -0.05) is 17.7 Å². The summed E-state index contributed by atoms with van der Waals surface area (Å²) in [5.41, 5.74) is 7.13. The van der Waals surface area contributed by atoms with Gasteiger partial charge in [0.2, 0.25) is 0 Å². The minimum Gasteiger partial charge on any atom is -0.364 e. The Morgan fingerprint density at radius 2 is 1.88 bits per heavy atom. The lowest BCUT2D eigenvalue weighted by atomic mass is 9.74. The molecule has 0 saturated heterocycles. The van der Waals surface area contributed by atoms with Crippen LogP contribution in [-0.4, -0.2) is 33.9 Å². The summed E-state index contributed by atoms with van der Waals surface area (Å²) in [7, 11) is -3.72.